The van der Waals surface area contributed by atoms with E-state index in [0.717, 1.165) is 5.69 Å². The second-order valence-corrected chi connectivity index (χ2v) is 6.00. The fourth-order valence-corrected chi connectivity index (χ4v) is 4.19. The molecule has 0 heterocycles. The third-order valence-corrected chi connectivity index (χ3v) is 5.33. The van der Waals surface area contributed by atoms with Crippen LogP contribution in [0.4, 0.5) is 5.69 Å². The Morgan fingerprint density at radius 3 is 2.14 bits per heavy atom. The number of hydrogen-bond acceptors (Lipinski definition) is 1. The van der Waals surface area contributed by atoms with Gasteiger partial charge in [-0.05, 0) is 23.7 Å². The van der Waals surface area contributed by atoms with Crippen LogP contribution < -0.4 is 11.0 Å². The molecular formula is C12H20NP. The SMILES string of the molecule is CCCP(CCC)c1ccccc1N. The summed E-state index contributed by atoms with van der Waals surface area (Å²) in [6, 6.07) is 8.35. The van der Waals surface area contributed by atoms with Crippen molar-refractivity contribution in [3.05, 3.63) is 24.3 Å². The van der Waals surface area contributed by atoms with Gasteiger partial charge in [-0.25, -0.2) is 0 Å². The summed E-state index contributed by atoms with van der Waals surface area (Å²) in [4.78, 5) is 0. The topological polar surface area (TPSA) is 26.0 Å². The Morgan fingerprint density at radius 2 is 1.64 bits per heavy atom. The highest BCUT2D eigenvalue weighted by Crippen LogP contribution is 2.37. The Morgan fingerprint density at radius 1 is 1.07 bits per heavy atom. The number of para-hydroxylation sites is 1. The molecule has 0 aliphatic carbocycles. The molecule has 1 nitrogen and oxygen atoms in total. The number of nitrogens with two attached hydrogens (primary N) is 1. The normalized spacial score (nSPS) is 10.8. The minimum Gasteiger partial charge on any atom is -0.398 e. The van der Waals surface area contributed by atoms with Crippen LogP contribution in [0.5, 0.6) is 0 Å². The van der Waals surface area contributed by atoms with E-state index in [2.05, 4.69) is 26.0 Å². The van der Waals surface area contributed by atoms with Crippen LogP contribution in [0.1, 0.15) is 26.7 Å². The zero-order chi connectivity index (χ0) is 10.4. The van der Waals surface area contributed by atoms with Crippen molar-refractivity contribution in [3.8, 4) is 0 Å². The van der Waals surface area contributed by atoms with Crippen LogP contribution in [-0.4, -0.2) is 12.3 Å². The van der Waals surface area contributed by atoms with Crippen LogP contribution in [0, 0.1) is 0 Å². The first kappa shape index (κ1) is 11.5. The number of anilines is 1. The molecule has 2 N–H and O–H groups in total. The molecule has 0 aliphatic rings. The van der Waals surface area contributed by atoms with E-state index in [-0.39, 0.29) is 7.92 Å². The molecule has 0 aromatic heterocycles. The van der Waals surface area contributed by atoms with Gasteiger partial charge in [0.25, 0.3) is 0 Å². The standard InChI is InChI=1S/C12H20NP/c1-3-9-14(10-4-2)12-8-6-5-7-11(12)13/h5-8H,3-4,9-10,13H2,1-2H3. The quantitative estimate of drug-likeness (QED) is 0.585. The predicted molar refractivity (Wildman–Crippen MR) is 67.7 cm³/mol. The Balaban J connectivity index is 2.81. The summed E-state index contributed by atoms with van der Waals surface area (Å²) in [5.74, 6) is 0. The molecular weight excluding hydrogens is 189 g/mol. The summed E-state index contributed by atoms with van der Waals surface area (Å²) < 4.78 is 0. The van der Waals surface area contributed by atoms with Crippen molar-refractivity contribution >= 4 is 18.9 Å². The average Bonchev–Trinajstić information content (AvgIpc) is 2.18. The van der Waals surface area contributed by atoms with Crippen molar-refractivity contribution in [2.45, 2.75) is 26.7 Å². The molecule has 1 aromatic carbocycles. The summed E-state index contributed by atoms with van der Waals surface area (Å²) in [5.41, 5.74) is 6.98. The predicted octanol–water partition coefficient (Wildman–Crippen LogP) is 3.20. The van der Waals surface area contributed by atoms with Crippen LogP contribution in [0.2, 0.25) is 0 Å². The number of nitrogen functional groups attached to an aromatic ring is 1. The highest BCUT2D eigenvalue weighted by Gasteiger charge is 2.10. The first-order chi connectivity index (χ1) is 6.79. The Hall–Kier alpha value is -0.550. The third-order valence-electron chi connectivity index (χ3n) is 2.26. The van der Waals surface area contributed by atoms with Gasteiger partial charge in [-0.2, -0.15) is 0 Å². The summed E-state index contributed by atoms with van der Waals surface area (Å²) in [6.45, 7) is 4.51. The van der Waals surface area contributed by atoms with Gasteiger partial charge in [0.2, 0.25) is 0 Å². The smallest absolute Gasteiger partial charge is 0.0392 e. The van der Waals surface area contributed by atoms with Crippen molar-refractivity contribution < 1.29 is 0 Å². The minimum absolute atomic E-state index is 0.00180. The molecule has 0 amide bonds. The monoisotopic (exact) mass is 209 g/mol. The zero-order valence-electron chi connectivity index (χ0n) is 9.16. The van der Waals surface area contributed by atoms with Gasteiger partial charge < -0.3 is 5.73 Å². The van der Waals surface area contributed by atoms with Crippen LogP contribution in [-0.2, 0) is 0 Å². The van der Waals surface area contributed by atoms with E-state index in [9.17, 15) is 0 Å². The van der Waals surface area contributed by atoms with E-state index in [0.29, 0.717) is 0 Å². The van der Waals surface area contributed by atoms with E-state index < -0.39 is 0 Å². The second kappa shape index (κ2) is 6.03. The molecule has 0 saturated carbocycles. The molecule has 0 unspecified atom stereocenters. The van der Waals surface area contributed by atoms with E-state index >= 15 is 0 Å². The van der Waals surface area contributed by atoms with Crippen LogP contribution >= 0.6 is 7.92 Å². The van der Waals surface area contributed by atoms with E-state index in [4.69, 9.17) is 5.73 Å². The van der Waals surface area contributed by atoms with Gasteiger partial charge in [0, 0.05) is 5.69 Å². The van der Waals surface area contributed by atoms with Gasteiger partial charge in [-0.3, -0.25) is 0 Å². The highest BCUT2D eigenvalue weighted by atomic mass is 31.1. The molecule has 14 heavy (non-hydrogen) atoms. The fourth-order valence-electron chi connectivity index (χ4n) is 1.67. The molecule has 0 atom stereocenters. The Kier molecular flexibility index (Phi) is 4.97. The lowest BCUT2D eigenvalue weighted by atomic mass is 10.3. The largest absolute Gasteiger partial charge is 0.398 e. The Labute approximate surface area is 88.5 Å². The maximum absolute atomic E-state index is 6.00. The van der Waals surface area contributed by atoms with Gasteiger partial charge in [0.05, 0.1) is 0 Å². The molecule has 0 radical (unpaired) electrons. The molecule has 0 saturated heterocycles. The summed E-state index contributed by atoms with van der Waals surface area (Å²) in [5, 5.41) is 1.41. The van der Waals surface area contributed by atoms with Crippen LogP contribution in [0.25, 0.3) is 0 Å². The molecule has 78 valence electrons. The van der Waals surface area contributed by atoms with Crippen LogP contribution in [0.15, 0.2) is 24.3 Å². The maximum Gasteiger partial charge on any atom is 0.0392 e. The maximum atomic E-state index is 6.00. The molecule has 2 heteroatoms. The van der Waals surface area contributed by atoms with Gasteiger partial charge in [-0.15, -0.1) is 0 Å². The van der Waals surface area contributed by atoms with Crippen LogP contribution in [0.3, 0.4) is 0 Å². The van der Waals surface area contributed by atoms with Crippen molar-refractivity contribution in [3.63, 3.8) is 0 Å². The number of hydrogen-bond donors (Lipinski definition) is 1. The molecule has 0 spiro atoms. The van der Waals surface area contributed by atoms with Gasteiger partial charge >= 0.3 is 0 Å². The molecule has 0 bridgehead atoms. The van der Waals surface area contributed by atoms with Crippen molar-refractivity contribution in [2.24, 2.45) is 0 Å². The summed E-state index contributed by atoms with van der Waals surface area (Å²) >= 11 is 0. The minimum atomic E-state index is -0.00180. The average molecular weight is 209 g/mol. The summed E-state index contributed by atoms with van der Waals surface area (Å²) in [6.07, 6.45) is 5.16. The molecule has 0 fully saturated rings. The molecule has 1 aromatic rings. The first-order valence-corrected chi connectivity index (χ1v) is 7.10. The molecule has 1 rings (SSSR count). The second-order valence-electron chi connectivity index (χ2n) is 3.55. The Bertz CT molecular complexity index is 267. The van der Waals surface area contributed by atoms with Crippen molar-refractivity contribution in [1.29, 1.82) is 0 Å². The lowest BCUT2D eigenvalue weighted by Gasteiger charge is -2.18. The first-order valence-electron chi connectivity index (χ1n) is 5.39. The lowest BCUT2D eigenvalue weighted by molar-refractivity contribution is 1.06. The zero-order valence-corrected chi connectivity index (χ0v) is 10.1. The van der Waals surface area contributed by atoms with Gasteiger partial charge in [0.15, 0.2) is 0 Å². The van der Waals surface area contributed by atoms with Gasteiger partial charge in [-0.1, -0.05) is 52.8 Å². The van der Waals surface area contributed by atoms with E-state index in [1.807, 2.05) is 12.1 Å². The van der Waals surface area contributed by atoms with Crippen molar-refractivity contribution in [2.75, 3.05) is 18.1 Å². The van der Waals surface area contributed by atoms with Gasteiger partial charge in [0.1, 0.15) is 0 Å². The third kappa shape index (κ3) is 2.99. The van der Waals surface area contributed by atoms with E-state index in [1.54, 1.807) is 0 Å². The highest BCUT2D eigenvalue weighted by molar-refractivity contribution is 7.65. The van der Waals surface area contributed by atoms with Crippen molar-refractivity contribution in [1.82, 2.24) is 0 Å². The number of rotatable bonds is 5. The summed E-state index contributed by atoms with van der Waals surface area (Å²) in [7, 11) is -0.00180. The molecule has 0 aliphatic heterocycles. The van der Waals surface area contributed by atoms with E-state index in [1.165, 1.54) is 30.5 Å². The fraction of sp³-hybridized carbons (Fsp3) is 0.500. The number of benzene rings is 1. The lowest BCUT2D eigenvalue weighted by Crippen LogP contribution is -2.11.